The van der Waals surface area contributed by atoms with Gasteiger partial charge in [-0.2, -0.15) is 0 Å². The van der Waals surface area contributed by atoms with Gasteiger partial charge in [0.05, 0.1) is 0 Å². The normalized spacial score (nSPS) is 16.7. The maximum Gasteiger partial charge on any atom is 0.344 e. The lowest BCUT2D eigenvalue weighted by Gasteiger charge is -2.38. The lowest BCUT2D eigenvalue weighted by molar-refractivity contribution is -0.145. The van der Waals surface area contributed by atoms with Crippen molar-refractivity contribution in [1.82, 2.24) is 0 Å². The van der Waals surface area contributed by atoms with Crippen LogP contribution in [0.5, 0.6) is 5.75 Å². The average Bonchev–Trinajstić information content (AvgIpc) is 2.58. The third-order valence-electron chi connectivity index (χ3n) is 4.98. The first kappa shape index (κ1) is 19.6. The minimum absolute atomic E-state index is 0.456. The third-order valence-corrected chi connectivity index (χ3v) is 4.98. The maximum absolute atomic E-state index is 11.2. The van der Waals surface area contributed by atoms with Gasteiger partial charge in [0.2, 0.25) is 0 Å². The number of aliphatic carboxylic acids is 1. The van der Waals surface area contributed by atoms with Crippen molar-refractivity contribution < 1.29 is 14.6 Å². The van der Waals surface area contributed by atoms with Gasteiger partial charge >= 0.3 is 5.97 Å². The Morgan fingerprint density at radius 3 is 2.48 bits per heavy atom. The van der Waals surface area contributed by atoms with Crippen LogP contribution in [-0.4, -0.2) is 29.8 Å². The predicted octanol–water partition coefficient (Wildman–Crippen LogP) is 5.03. The highest BCUT2D eigenvalue weighted by atomic mass is 16.5. The Bertz CT molecular complexity index is 564. The molecule has 2 rings (SSSR count). The summed E-state index contributed by atoms with van der Waals surface area (Å²) < 4.78 is 5.65. The number of aryl methyl sites for hydroxylation is 1. The lowest BCUT2D eigenvalue weighted by Crippen LogP contribution is -2.39. The topological polar surface area (TPSA) is 49.8 Å². The Morgan fingerprint density at radius 1 is 1.28 bits per heavy atom. The number of rotatable bonds is 8. The largest absolute Gasteiger partial charge is 0.479 e. The molecule has 0 saturated heterocycles. The van der Waals surface area contributed by atoms with Crippen molar-refractivity contribution in [3.8, 4) is 5.75 Å². The van der Waals surface area contributed by atoms with Gasteiger partial charge in [0.15, 0.2) is 6.10 Å². The molecule has 1 fully saturated rings. The summed E-state index contributed by atoms with van der Waals surface area (Å²) in [6, 6.07) is 6.63. The molecule has 0 heterocycles. The Balaban J connectivity index is 2.21. The molecule has 4 nitrogen and oxygen atoms in total. The van der Waals surface area contributed by atoms with Crippen molar-refractivity contribution in [1.29, 1.82) is 0 Å². The lowest BCUT2D eigenvalue weighted by atomic mass is 9.92. The third kappa shape index (κ3) is 5.38. The molecule has 0 aromatic heterocycles. The van der Waals surface area contributed by atoms with Gasteiger partial charge in [-0.15, -0.1) is 0 Å². The Kier molecular flexibility index (Phi) is 7.15. The average molecular weight is 347 g/mol. The van der Waals surface area contributed by atoms with E-state index in [4.69, 9.17) is 4.74 Å². The molecule has 0 radical (unpaired) electrons. The van der Waals surface area contributed by atoms with Crippen LogP contribution in [0, 0.1) is 12.8 Å². The maximum atomic E-state index is 11.2. The van der Waals surface area contributed by atoms with Gasteiger partial charge in [-0.05, 0) is 55.9 Å². The van der Waals surface area contributed by atoms with E-state index < -0.39 is 12.1 Å². The molecule has 25 heavy (non-hydrogen) atoms. The fourth-order valence-electron chi connectivity index (χ4n) is 3.73. The molecule has 1 aromatic rings. The highest BCUT2D eigenvalue weighted by molar-refractivity contribution is 5.72. The van der Waals surface area contributed by atoms with Crippen molar-refractivity contribution in [2.45, 2.75) is 78.4 Å². The molecule has 1 atom stereocenters. The van der Waals surface area contributed by atoms with E-state index in [2.05, 4.69) is 31.7 Å². The number of carbonyl (C=O) groups is 1. The van der Waals surface area contributed by atoms with Crippen LogP contribution in [0.15, 0.2) is 18.2 Å². The van der Waals surface area contributed by atoms with Crippen molar-refractivity contribution in [3.63, 3.8) is 0 Å². The molecule has 1 unspecified atom stereocenters. The standard InChI is InChI=1S/C21H33NO3/c1-5-20(21(23)24)25-18-11-12-19(16(4)13-18)22(14-15(2)3)17-9-7-6-8-10-17/h11-13,15,17,20H,5-10,14H2,1-4H3,(H,23,24). The number of carboxylic acid groups (broad SMARTS) is 1. The van der Waals surface area contributed by atoms with Crippen LogP contribution >= 0.6 is 0 Å². The first-order chi connectivity index (χ1) is 11.9. The van der Waals surface area contributed by atoms with Crippen LogP contribution in [0.1, 0.15) is 64.9 Å². The number of hydrogen-bond donors (Lipinski definition) is 1. The summed E-state index contributed by atoms with van der Waals surface area (Å²) in [6.07, 6.45) is 6.19. The number of nitrogens with zero attached hydrogens (tertiary/aromatic N) is 1. The summed E-state index contributed by atoms with van der Waals surface area (Å²) in [7, 11) is 0. The second kappa shape index (κ2) is 9.12. The number of benzene rings is 1. The first-order valence-corrected chi connectivity index (χ1v) is 9.69. The van der Waals surface area contributed by atoms with Crippen LogP contribution in [0.2, 0.25) is 0 Å². The fourth-order valence-corrected chi connectivity index (χ4v) is 3.73. The van der Waals surface area contributed by atoms with E-state index in [1.54, 1.807) is 0 Å². The SMILES string of the molecule is CCC(Oc1ccc(N(CC(C)C)C2CCCCC2)c(C)c1)C(=O)O. The minimum atomic E-state index is -0.909. The van der Waals surface area contributed by atoms with Crippen LogP contribution in [0.4, 0.5) is 5.69 Å². The number of anilines is 1. The molecule has 0 amide bonds. The summed E-state index contributed by atoms with van der Waals surface area (Å²) in [5, 5.41) is 9.18. The van der Waals surface area contributed by atoms with Gasteiger partial charge in [0.1, 0.15) is 5.75 Å². The van der Waals surface area contributed by atoms with Crippen molar-refractivity contribution >= 4 is 11.7 Å². The predicted molar refractivity (Wildman–Crippen MR) is 103 cm³/mol. The summed E-state index contributed by atoms with van der Waals surface area (Å²) >= 11 is 0. The molecule has 0 spiro atoms. The fraction of sp³-hybridized carbons (Fsp3) is 0.667. The molecule has 1 saturated carbocycles. The van der Waals surface area contributed by atoms with E-state index in [-0.39, 0.29) is 0 Å². The van der Waals surface area contributed by atoms with Crippen molar-refractivity contribution in [2.75, 3.05) is 11.4 Å². The molecule has 1 aliphatic carbocycles. The Hall–Kier alpha value is -1.71. The zero-order chi connectivity index (χ0) is 18.4. The minimum Gasteiger partial charge on any atom is -0.479 e. The number of ether oxygens (including phenoxy) is 1. The molecule has 0 bridgehead atoms. The summed E-state index contributed by atoms with van der Waals surface area (Å²) in [5.41, 5.74) is 2.42. The Labute approximate surface area is 152 Å². The van der Waals surface area contributed by atoms with Gasteiger partial charge in [-0.3, -0.25) is 0 Å². The zero-order valence-electron chi connectivity index (χ0n) is 16.1. The van der Waals surface area contributed by atoms with Gasteiger partial charge in [-0.25, -0.2) is 4.79 Å². The quantitative estimate of drug-likeness (QED) is 0.716. The summed E-state index contributed by atoms with van der Waals surface area (Å²) in [5.74, 6) is 0.338. The molecule has 1 aliphatic rings. The van der Waals surface area contributed by atoms with E-state index in [0.29, 0.717) is 24.1 Å². The van der Waals surface area contributed by atoms with Crippen LogP contribution in [-0.2, 0) is 4.79 Å². The van der Waals surface area contributed by atoms with E-state index in [1.165, 1.54) is 37.8 Å². The van der Waals surface area contributed by atoms with Crippen LogP contribution in [0.25, 0.3) is 0 Å². The van der Waals surface area contributed by atoms with Gasteiger partial charge in [0.25, 0.3) is 0 Å². The van der Waals surface area contributed by atoms with Gasteiger partial charge in [-0.1, -0.05) is 40.0 Å². The Morgan fingerprint density at radius 2 is 1.96 bits per heavy atom. The van der Waals surface area contributed by atoms with Gasteiger partial charge < -0.3 is 14.7 Å². The van der Waals surface area contributed by atoms with E-state index in [1.807, 2.05) is 19.1 Å². The van der Waals surface area contributed by atoms with Crippen LogP contribution < -0.4 is 9.64 Å². The first-order valence-electron chi connectivity index (χ1n) is 9.69. The summed E-state index contributed by atoms with van der Waals surface area (Å²) in [6.45, 7) is 9.51. The second-order valence-corrected chi connectivity index (χ2v) is 7.64. The molecule has 0 aliphatic heterocycles. The molecular formula is C21H33NO3. The molecular weight excluding hydrogens is 314 g/mol. The monoisotopic (exact) mass is 347 g/mol. The van der Waals surface area contributed by atoms with E-state index in [9.17, 15) is 9.90 Å². The zero-order valence-corrected chi connectivity index (χ0v) is 16.1. The molecule has 140 valence electrons. The smallest absolute Gasteiger partial charge is 0.344 e. The van der Waals surface area contributed by atoms with Crippen molar-refractivity contribution in [3.05, 3.63) is 23.8 Å². The second-order valence-electron chi connectivity index (χ2n) is 7.64. The van der Waals surface area contributed by atoms with E-state index in [0.717, 1.165) is 12.1 Å². The van der Waals surface area contributed by atoms with Crippen LogP contribution in [0.3, 0.4) is 0 Å². The highest BCUT2D eigenvalue weighted by Gasteiger charge is 2.24. The molecule has 1 N–H and O–H groups in total. The highest BCUT2D eigenvalue weighted by Crippen LogP contribution is 2.32. The summed E-state index contributed by atoms with van der Waals surface area (Å²) in [4.78, 5) is 13.8. The van der Waals surface area contributed by atoms with Gasteiger partial charge in [0, 0.05) is 18.3 Å². The molecule has 4 heteroatoms. The van der Waals surface area contributed by atoms with Crippen molar-refractivity contribution in [2.24, 2.45) is 5.92 Å². The van der Waals surface area contributed by atoms with E-state index >= 15 is 0 Å². The number of hydrogen-bond acceptors (Lipinski definition) is 3. The number of carboxylic acids is 1. The molecule has 1 aromatic carbocycles.